The first-order valence-electron chi connectivity index (χ1n) is 0. The molecule has 10 N–H and O–H groups in total. The minimum absolute atomic E-state index is 0. The molecular weight excluding hydrogens is 207 g/mol. The zero-order chi connectivity index (χ0) is 0. The van der Waals surface area contributed by atoms with Crippen molar-refractivity contribution >= 4 is 0 Å². The molecule has 0 aromatic heterocycles. The third-order valence-electron chi connectivity index (χ3n) is 0. The average Bonchev–Trinajstić information content (AvgIpc) is 0. The number of hydrogen-bond donors (Lipinski definition) is 0. The molecule has 0 atom stereocenters. The molecule has 0 unspecified atom stereocenters. The fourth-order valence-corrected chi connectivity index (χ4v) is 0. The molecule has 0 aromatic rings. The fraction of sp³-hybridized carbons (Fsp3) is 0. The SMILES string of the molecule is O.O.O.O.O.[Cu].[Cu]. The Kier molecular flexibility index (Phi) is 24700. The normalized spacial score (nSPS) is 0. The van der Waals surface area contributed by atoms with Crippen molar-refractivity contribution in [1.82, 2.24) is 0 Å². The van der Waals surface area contributed by atoms with E-state index >= 15 is 0 Å². The van der Waals surface area contributed by atoms with Crippen molar-refractivity contribution in [1.29, 1.82) is 0 Å². The van der Waals surface area contributed by atoms with Gasteiger partial charge in [0.25, 0.3) is 0 Å². The van der Waals surface area contributed by atoms with Crippen LogP contribution in [0.1, 0.15) is 0 Å². The summed E-state index contributed by atoms with van der Waals surface area (Å²) >= 11 is 0. The Morgan fingerprint density at radius 1 is 0.286 bits per heavy atom. The van der Waals surface area contributed by atoms with Gasteiger partial charge >= 0.3 is 0 Å². The molecule has 0 bridgehead atoms. The van der Waals surface area contributed by atoms with Crippen LogP contribution in [0, 0.1) is 0 Å². The largest absolute Gasteiger partial charge is 0.412 e. The van der Waals surface area contributed by atoms with Crippen LogP contribution >= 0.6 is 0 Å². The van der Waals surface area contributed by atoms with Crippen LogP contribution in [0.15, 0.2) is 0 Å². The average molecular weight is 217 g/mol. The first-order chi connectivity index (χ1) is 0. The Morgan fingerprint density at radius 2 is 0.286 bits per heavy atom. The number of hydrogen-bond acceptors (Lipinski definition) is 0. The van der Waals surface area contributed by atoms with Gasteiger partial charge in [0.1, 0.15) is 0 Å². The van der Waals surface area contributed by atoms with Crippen LogP contribution in [-0.4, -0.2) is 27.4 Å². The summed E-state index contributed by atoms with van der Waals surface area (Å²) in [6, 6.07) is 0. The fourth-order valence-electron chi connectivity index (χ4n) is 0. The van der Waals surface area contributed by atoms with Crippen LogP contribution in [0.25, 0.3) is 0 Å². The first kappa shape index (κ1) is 521. The van der Waals surface area contributed by atoms with E-state index < -0.39 is 0 Å². The van der Waals surface area contributed by atoms with E-state index in [0.717, 1.165) is 0 Å². The summed E-state index contributed by atoms with van der Waals surface area (Å²) in [5, 5.41) is 0. The third kappa shape index (κ3) is 228. The van der Waals surface area contributed by atoms with E-state index in [2.05, 4.69) is 0 Å². The van der Waals surface area contributed by atoms with E-state index in [9.17, 15) is 0 Å². The zero-order valence-electron chi connectivity index (χ0n) is 3.10. The molecular formula is H10Cu2O5. The summed E-state index contributed by atoms with van der Waals surface area (Å²) in [6.45, 7) is 0. The molecule has 0 aliphatic carbocycles. The van der Waals surface area contributed by atoms with E-state index in [1.165, 1.54) is 0 Å². The van der Waals surface area contributed by atoms with Gasteiger partial charge in [-0.3, -0.25) is 0 Å². The van der Waals surface area contributed by atoms with Crippen LogP contribution in [-0.2, 0) is 34.1 Å². The molecule has 62 valence electrons. The molecule has 0 rings (SSSR count). The van der Waals surface area contributed by atoms with Gasteiger partial charge in [-0.2, -0.15) is 0 Å². The third-order valence-corrected chi connectivity index (χ3v) is 0. The Hall–Kier alpha value is 0.839. The van der Waals surface area contributed by atoms with Crippen LogP contribution in [0.2, 0.25) is 0 Å². The molecule has 0 aliphatic rings. The van der Waals surface area contributed by atoms with E-state index in [4.69, 9.17) is 0 Å². The second-order valence-electron chi connectivity index (χ2n) is 0. The summed E-state index contributed by atoms with van der Waals surface area (Å²) in [5.74, 6) is 0. The molecule has 0 amide bonds. The molecule has 0 aliphatic heterocycles. The maximum Gasteiger partial charge on any atom is 0 e. The molecule has 5 nitrogen and oxygen atoms in total. The van der Waals surface area contributed by atoms with Crippen LogP contribution < -0.4 is 0 Å². The summed E-state index contributed by atoms with van der Waals surface area (Å²) < 4.78 is 0. The van der Waals surface area contributed by atoms with Gasteiger partial charge in [0.15, 0.2) is 0 Å². The monoisotopic (exact) mass is 216 g/mol. The standard InChI is InChI=1S/2Cu.5H2O/h;;5*1H2. The van der Waals surface area contributed by atoms with Crippen molar-refractivity contribution < 1.29 is 61.5 Å². The Morgan fingerprint density at radius 3 is 0.286 bits per heavy atom. The summed E-state index contributed by atoms with van der Waals surface area (Å²) in [6.07, 6.45) is 0. The predicted molar refractivity (Wildman–Crippen MR) is 18.1 cm³/mol. The molecule has 2 radical (unpaired) electrons. The van der Waals surface area contributed by atoms with Gasteiger partial charge in [-0.25, -0.2) is 0 Å². The van der Waals surface area contributed by atoms with Crippen molar-refractivity contribution in [3.8, 4) is 0 Å². The van der Waals surface area contributed by atoms with Crippen molar-refractivity contribution in [3.05, 3.63) is 0 Å². The van der Waals surface area contributed by atoms with E-state index in [-0.39, 0.29) is 61.5 Å². The second-order valence-corrected chi connectivity index (χ2v) is 0. The van der Waals surface area contributed by atoms with Crippen molar-refractivity contribution in [2.24, 2.45) is 0 Å². The van der Waals surface area contributed by atoms with Gasteiger partial charge in [-0.1, -0.05) is 0 Å². The quantitative estimate of drug-likeness (QED) is 0.361. The Labute approximate surface area is 62.0 Å². The molecule has 0 aromatic carbocycles. The zero-order valence-corrected chi connectivity index (χ0v) is 4.99. The van der Waals surface area contributed by atoms with Crippen molar-refractivity contribution in [2.45, 2.75) is 0 Å². The maximum absolute atomic E-state index is 0. The second kappa shape index (κ2) is 331. The Bertz CT molecular complexity index is 6.04. The first-order valence-corrected chi connectivity index (χ1v) is 0. The van der Waals surface area contributed by atoms with Gasteiger partial charge in [-0.05, 0) is 0 Å². The Balaban J connectivity index is 0. The van der Waals surface area contributed by atoms with Gasteiger partial charge in [0.05, 0.1) is 0 Å². The summed E-state index contributed by atoms with van der Waals surface area (Å²) in [5.41, 5.74) is 0. The topological polar surface area (TPSA) is 158 Å². The molecule has 7 heavy (non-hydrogen) atoms. The molecule has 0 heterocycles. The minimum atomic E-state index is 0. The van der Waals surface area contributed by atoms with Gasteiger partial charge in [0, 0.05) is 34.1 Å². The minimum Gasteiger partial charge on any atom is -0.412 e. The van der Waals surface area contributed by atoms with Gasteiger partial charge < -0.3 is 27.4 Å². The molecule has 0 saturated heterocycles. The van der Waals surface area contributed by atoms with Gasteiger partial charge in [-0.15, -0.1) is 0 Å². The van der Waals surface area contributed by atoms with Crippen LogP contribution in [0.5, 0.6) is 0 Å². The summed E-state index contributed by atoms with van der Waals surface area (Å²) in [7, 11) is 0. The summed E-state index contributed by atoms with van der Waals surface area (Å²) in [4.78, 5) is 0. The predicted octanol–water partition coefficient (Wildman–Crippen LogP) is -4.13. The molecule has 0 spiro atoms. The van der Waals surface area contributed by atoms with Gasteiger partial charge in [0.2, 0.25) is 0 Å². The van der Waals surface area contributed by atoms with Crippen LogP contribution in [0.3, 0.4) is 0 Å². The van der Waals surface area contributed by atoms with Crippen LogP contribution in [0.4, 0.5) is 0 Å². The maximum atomic E-state index is 0. The van der Waals surface area contributed by atoms with E-state index in [0.29, 0.717) is 0 Å². The van der Waals surface area contributed by atoms with E-state index in [1.807, 2.05) is 0 Å². The number of rotatable bonds is 0. The molecule has 0 fully saturated rings. The van der Waals surface area contributed by atoms with Crippen molar-refractivity contribution in [3.63, 3.8) is 0 Å². The molecule has 7 heteroatoms. The van der Waals surface area contributed by atoms with E-state index in [1.54, 1.807) is 0 Å². The van der Waals surface area contributed by atoms with Crippen molar-refractivity contribution in [2.75, 3.05) is 0 Å². The smallest absolute Gasteiger partial charge is 0 e. The molecule has 0 saturated carbocycles.